The SMILES string of the molecule is COc1cc2c(cc1O)CCC1C2CC[C@@]2(C)C1CCC2[C@@H](C)CO. The second-order valence-corrected chi connectivity index (χ2v) is 9.03. The lowest BCUT2D eigenvalue weighted by atomic mass is 9.53. The Balaban J connectivity index is 1.66. The number of aromatic hydroxyl groups is 1. The summed E-state index contributed by atoms with van der Waals surface area (Å²) in [6.07, 6.45) is 7.39. The number of aliphatic hydroxyl groups excluding tert-OH is 1. The highest BCUT2D eigenvalue weighted by atomic mass is 16.5. The predicted octanol–water partition coefficient (Wildman–Crippen LogP) is 4.50. The molecule has 25 heavy (non-hydrogen) atoms. The number of phenols is 1. The van der Waals surface area contributed by atoms with Gasteiger partial charge >= 0.3 is 0 Å². The van der Waals surface area contributed by atoms with Gasteiger partial charge in [0.2, 0.25) is 0 Å². The van der Waals surface area contributed by atoms with Crippen molar-refractivity contribution in [1.82, 2.24) is 0 Å². The third-order valence-electron chi connectivity index (χ3n) is 8.07. The van der Waals surface area contributed by atoms with E-state index in [-0.39, 0.29) is 5.75 Å². The average molecular weight is 344 g/mol. The van der Waals surface area contributed by atoms with Crippen LogP contribution in [0.3, 0.4) is 0 Å². The van der Waals surface area contributed by atoms with Crippen LogP contribution in [0.2, 0.25) is 0 Å². The fraction of sp³-hybridized carbons (Fsp3) is 0.727. The van der Waals surface area contributed by atoms with Gasteiger partial charge in [0.05, 0.1) is 7.11 Å². The predicted molar refractivity (Wildman–Crippen MR) is 99.0 cm³/mol. The largest absolute Gasteiger partial charge is 0.504 e. The molecule has 0 bridgehead atoms. The summed E-state index contributed by atoms with van der Waals surface area (Å²) in [4.78, 5) is 0. The highest BCUT2D eigenvalue weighted by molar-refractivity contribution is 5.49. The maximum absolute atomic E-state index is 10.1. The van der Waals surface area contributed by atoms with Crippen molar-refractivity contribution in [1.29, 1.82) is 0 Å². The molecule has 3 nitrogen and oxygen atoms in total. The van der Waals surface area contributed by atoms with Crippen molar-refractivity contribution < 1.29 is 14.9 Å². The minimum absolute atomic E-state index is 0.276. The molecule has 138 valence electrons. The molecule has 2 fully saturated rings. The van der Waals surface area contributed by atoms with E-state index < -0.39 is 0 Å². The van der Waals surface area contributed by atoms with Crippen LogP contribution in [0, 0.1) is 29.1 Å². The van der Waals surface area contributed by atoms with Gasteiger partial charge in [0.15, 0.2) is 11.5 Å². The zero-order valence-electron chi connectivity index (χ0n) is 15.8. The molecule has 4 rings (SSSR count). The lowest BCUT2D eigenvalue weighted by molar-refractivity contribution is 0.00152. The Morgan fingerprint density at radius 1 is 1.24 bits per heavy atom. The summed E-state index contributed by atoms with van der Waals surface area (Å²) >= 11 is 0. The standard InChI is InChI=1S/C22H32O3/c1-13(12-23)18-6-7-19-16-5-4-14-10-20(24)21(25-3)11-17(14)15(16)8-9-22(18,19)2/h10-11,13,15-16,18-19,23-24H,4-9,12H2,1-3H3/t13-,15?,16?,18?,19?,22+/m0/s1. The van der Waals surface area contributed by atoms with Crippen LogP contribution in [0.15, 0.2) is 12.1 Å². The minimum Gasteiger partial charge on any atom is -0.504 e. The summed E-state index contributed by atoms with van der Waals surface area (Å²) in [6.45, 7) is 5.05. The van der Waals surface area contributed by atoms with E-state index in [1.54, 1.807) is 7.11 Å². The summed E-state index contributed by atoms with van der Waals surface area (Å²) in [5.41, 5.74) is 3.13. The first kappa shape index (κ1) is 17.2. The Kier molecular flexibility index (Phi) is 4.26. The normalized spacial score (nSPS) is 37.8. The van der Waals surface area contributed by atoms with Crippen LogP contribution in [0.1, 0.15) is 63.0 Å². The van der Waals surface area contributed by atoms with Gasteiger partial charge in [-0.2, -0.15) is 0 Å². The van der Waals surface area contributed by atoms with Crippen LogP contribution in [-0.4, -0.2) is 23.9 Å². The van der Waals surface area contributed by atoms with E-state index in [1.807, 2.05) is 6.07 Å². The molecule has 3 heteroatoms. The van der Waals surface area contributed by atoms with Crippen molar-refractivity contribution in [3.05, 3.63) is 23.3 Å². The molecule has 6 atom stereocenters. The van der Waals surface area contributed by atoms with E-state index in [0.717, 1.165) is 18.3 Å². The molecule has 4 unspecified atom stereocenters. The molecule has 0 aliphatic heterocycles. The number of hydrogen-bond acceptors (Lipinski definition) is 3. The molecule has 0 spiro atoms. The van der Waals surface area contributed by atoms with Gasteiger partial charge in [-0.15, -0.1) is 0 Å². The van der Waals surface area contributed by atoms with E-state index in [0.29, 0.717) is 35.5 Å². The zero-order valence-corrected chi connectivity index (χ0v) is 15.8. The van der Waals surface area contributed by atoms with E-state index in [1.165, 1.54) is 43.2 Å². The van der Waals surface area contributed by atoms with Gasteiger partial charge < -0.3 is 14.9 Å². The van der Waals surface area contributed by atoms with Crippen LogP contribution in [-0.2, 0) is 6.42 Å². The first-order chi connectivity index (χ1) is 12.0. The summed E-state index contributed by atoms with van der Waals surface area (Å²) < 4.78 is 5.38. The molecular weight excluding hydrogens is 312 g/mol. The molecule has 3 aliphatic carbocycles. The van der Waals surface area contributed by atoms with E-state index >= 15 is 0 Å². The Morgan fingerprint density at radius 2 is 2.04 bits per heavy atom. The fourth-order valence-corrected chi connectivity index (χ4v) is 6.85. The smallest absolute Gasteiger partial charge is 0.160 e. The summed E-state index contributed by atoms with van der Waals surface area (Å²) in [6, 6.07) is 4.04. The van der Waals surface area contributed by atoms with Crippen LogP contribution >= 0.6 is 0 Å². The van der Waals surface area contributed by atoms with Crippen molar-refractivity contribution >= 4 is 0 Å². The molecule has 3 aliphatic rings. The monoisotopic (exact) mass is 344 g/mol. The van der Waals surface area contributed by atoms with Gasteiger partial charge in [0.1, 0.15) is 0 Å². The van der Waals surface area contributed by atoms with Crippen LogP contribution < -0.4 is 4.74 Å². The Hall–Kier alpha value is -1.22. The zero-order chi connectivity index (χ0) is 17.8. The van der Waals surface area contributed by atoms with Crippen molar-refractivity contribution in [2.24, 2.45) is 29.1 Å². The van der Waals surface area contributed by atoms with Gasteiger partial charge in [-0.3, -0.25) is 0 Å². The van der Waals surface area contributed by atoms with Gasteiger partial charge in [-0.05, 0) is 96.8 Å². The van der Waals surface area contributed by atoms with Crippen LogP contribution in [0.5, 0.6) is 11.5 Å². The molecule has 2 saturated carbocycles. The van der Waals surface area contributed by atoms with Crippen molar-refractivity contribution in [2.45, 2.75) is 58.3 Å². The number of aliphatic hydroxyl groups is 1. The number of benzene rings is 1. The number of rotatable bonds is 3. The molecule has 0 aromatic heterocycles. The molecule has 0 radical (unpaired) electrons. The first-order valence-electron chi connectivity index (χ1n) is 10.00. The summed E-state index contributed by atoms with van der Waals surface area (Å²) in [5, 5.41) is 19.8. The molecule has 0 amide bonds. The van der Waals surface area contributed by atoms with Crippen LogP contribution in [0.4, 0.5) is 0 Å². The van der Waals surface area contributed by atoms with Gasteiger partial charge in [-0.25, -0.2) is 0 Å². The molecular formula is C22H32O3. The van der Waals surface area contributed by atoms with Crippen molar-refractivity contribution in [3.63, 3.8) is 0 Å². The van der Waals surface area contributed by atoms with Gasteiger partial charge in [0, 0.05) is 6.61 Å². The molecule has 0 heterocycles. The van der Waals surface area contributed by atoms with Crippen molar-refractivity contribution in [3.8, 4) is 11.5 Å². The summed E-state index contributed by atoms with van der Waals surface area (Å²) in [5.74, 6) is 4.11. The number of ether oxygens (including phenoxy) is 1. The van der Waals surface area contributed by atoms with E-state index in [9.17, 15) is 10.2 Å². The first-order valence-corrected chi connectivity index (χ1v) is 10.00. The maximum Gasteiger partial charge on any atom is 0.160 e. The van der Waals surface area contributed by atoms with Gasteiger partial charge in [-0.1, -0.05) is 13.8 Å². The number of methoxy groups -OCH3 is 1. The quantitative estimate of drug-likeness (QED) is 0.849. The Bertz CT molecular complexity index is 655. The third-order valence-corrected chi connectivity index (χ3v) is 8.07. The molecule has 2 N–H and O–H groups in total. The second-order valence-electron chi connectivity index (χ2n) is 9.03. The van der Waals surface area contributed by atoms with Crippen LogP contribution in [0.25, 0.3) is 0 Å². The van der Waals surface area contributed by atoms with Crippen molar-refractivity contribution in [2.75, 3.05) is 13.7 Å². The lowest BCUT2D eigenvalue weighted by Crippen LogP contribution is -2.43. The van der Waals surface area contributed by atoms with E-state index in [4.69, 9.17) is 4.74 Å². The number of fused-ring (bicyclic) bond motifs is 5. The number of aryl methyl sites for hydroxylation is 1. The molecule has 1 aromatic carbocycles. The molecule has 0 saturated heterocycles. The number of hydrogen-bond donors (Lipinski definition) is 2. The van der Waals surface area contributed by atoms with E-state index in [2.05, 4.69) is 19.9 Å². The third kappa shape index (κ3) is 2.50. The number of phenolic OH excluding ortho intramolecular Hbond substituents is 1. The fourth-order valence-electron chi connectivity index (χ4n) is 6.85. The summed E-state index contributed by atoms with van der Waals surface area (Å²) in [7, 11) is 1.64. The minimum atomic E-state index is 0.276. The Labute approximate surface area is 151 Å². The maximum atomic E-state index is 10.1. The topological polar surface area (TPSA) is 49.7 Å². The molecule has 1 aromatic rings. The Morgan fingerprint density at radius 3 is 2.76 bits per heavy atom. The second kappa shape index (κ2) is 6.19. The lowest BCUT2D eigenvalue weighted by Gasteiger charge is -2.52. The average Bonchev–Trinajstić information content (AvgIpc) is 2.97. The highest BCUT2D eigenvalue weighted by Crippen LogP contribution is 2.64. The van der Waals surface area contributed by atoms with Gasteiger partial charge in [0.25, 0.3) is 0 Å². The highest BCUT2D eigenvalue weighted by Gasteiger charge is 2.55.